The minimum Gasteiger partial charge on any atom is -0.501 e. The molecule has 0 amide bonds. The molecule has 2 heterocycles. The minimum absolute atomic E-state index is 0.205. The Labute approximate surface area is 95.3 Å². The van der Waals surface area contributed by atoms with E-state index in [9.17, 15) is 9.90 Å². The van der Waals surface area contributed by atoms with Crippen molar-refractivity contribution in [3.63, 3.8) is 0 Å². The molecular weight excluding hydrogens is 222 g/mol. The van der Waals surface area contributed by atoms with Gasteiger partial charge in [0.1, 0.15) is 5.73 Å². The molecular formula is C11H15NO3Si. The molecule has 0 saturated heterocycles. The predicted molar refractivity (Wildman–Crippen MR) is 63.2 cm³/mol. The smallest absolute Gasteiger partial charge is 0.374 e. The minimum atomic E-state index is -1.67. The highest BCUT2D eigenvalue weighted by atomic mass is 28.3. The number of cyclic esters (lactones) is 1. The first-order valence-electron chi connectivity index (χ1n) is 5.18. The van der Waals surface area contributed by atoms with Crippen LogP contribution in [0.25, 0.3) is 0 Å². The molecule has 86 valence electrons. The Morgan fingerprint density at radius 1 is 1.44 bits per heavy atom. The van der Waals surface area contributed by atoms with E-state index in [0.29, 0.717) is 5.57 Å². The lowest BCUT2D eigenvalue weighted by Gasteiger charge is -2.35. The number of carbonyl (C=O) groups excluding carboxylic acids is 1. The van der Waals surface area contributed by atoms with Crippen molar-refractivity contribution in [1.29, 1.82) is 0 Å². The molecule has 2 N–H and O–H groups in total. The molecule has 0 aliphatic carbocycles. The van der Waals surface area contributed by atoms with Gasteiger partial charge in [-0.1, -0.05) is 19.6 Å². The maximum atomic E-state index is 11.5. The van der Waals surface area contributed by atoms with Crippen LogP contribution in [0.3, 0.4) is 0 Å². The van der Waals surface area contributed by atoms with E-state index in [4.69, 9.17) is 4.74 Å². The van der Waals surface area contributed by atoms with Crippen molar-refractivity contribution in [3.8, 4) is 0 Å². The summed E-state index contributed by atoms with van der Waals surface area (Å²) in [5.74, 6) is -0.912. The van der Waals surface area contributed by atoms with Gasteiger partial charge in [0, 0.05) is 23.5 Å². The lowest BCUT2D eigenvalue weighted by Crippen LogP contribution is -2.46. The van der Waals surface area contributed by atoms with Gasteiger partial charge in [-0.05, 0) is 6.08 Å². The fourth-order valence-electron chi connectivity index (χ4n) is 1.86. The van der Waals surface area contributed by atoms with Gasteiger partial charge in [-0.2, -0.15) is 0 Å². The summed E-state index contributed by atoms with van der Waals surface area (Å²) in [6.07, 6.45) is 5.19. The van der Waals surface area contributed by atoms with Crippen LogP contribution in [0, 0.1) is 0 Å². The molecule has 5 heteroatoms. The van der Waals surface area contributed by atoms with E-state index in [1.807, 2.05) is 0 Å². The Morgan fingerprint density at radius 3 is 2.75 bits per heavy atom. The third kappa shape index (κ3) is 1.67. The summed E-state index contributed by atoms with van der Waals surface area (Å²) in [7, 11) is -1.67. The molecule has 0 aromatic rings. The monoisotopic (exact) mass is 237 g/mol. The number of esters is 1. The van der Waals surface area contributed by atoms with Crippen LogP contribution in [0.4, 0.5) is 0 Å². The zero-order chi connectivity index (χ0) is 11.9. The van der Waals surface area contributed by atoms with E-state index in [-0.39, 0.29) is 11.5 Å². The lowest BCUT2D eigenvalue weighted by molar-refractivity contribution is -0.144. The van der Waals surface area contributed by atoms with Gasteiger partial charge in [-0.3, -0.25) is 0 Å². The molecule has 2 aliphatic rings. The maximum absolute atomic E-state index is 11.5. The number of nitrogens with one attached hydrogen (secondary N) is 1. The molecule has 4 nitrogen and oxygen atoms in total. The van der Waals surface area contributed by atoms with Crippen molar-refractivity contribution in [2.24, 2.45) is 0 Å². The molecule has 0 aromatic carbocycles. The van der Waals surface area contributed by atoms with E-state index < -0.39 is 14.0 Å². The lowest BCUT2D eigenvalue weighted by atomic mass is 10.0. The van der Waals surface area contributed by atoms with Crippen molar-refractivity contribution >= 4 is 14.0 Å². The van der Waals surface area contributed by atoms with Gasteiger partial charge in [0.15, 0.2) is 0 Å². The average Bonchev–Trinajstić information content (AvgIpc) is 2.22. The van der Waals surface area contributed by atoms with Gasteiger partial charge in [0.2, 0.25) is 5.76 Å². The SMILES string of the molecule is C[Si](C)(C)C1OC(=O)C(O)=C2C=CNC=C21. The fraction of sp³-hybridized carbons (Fsp3) is 0.364. The quantitative estimate of drug-likeness (QED) is 0.537. The third-order valence-electron chi connectivity index (χ3n) is 2.64. The highest BCUT2D eigenvalue weighted by Crippen LogP contribution is 2.33. The molecule has 0 spiro atoms. The second kappa shape index (κ2) is 3.52. The normalized spacial score (nSPS) is 24.6. The Hall–Kier alpha value is -1.49. The van der Waals surface area contributed by atoms with Gasteiger partial charge in [0.25, 0.3) is 0 Å². The first-order valence-corrected chi connectivity index (χ1v) is 8.76. The van der Waals surface area contributed by atoms with Crippen molar-refractivity contribution in [3.05, 3.63) is 35.4 Å². The molecule has 0 fully saturated rings. The van der Waals surface area contributed by atoms with Crippen molar-refractivity contribution in [2.75, 3.05) is 0 Å². The number of hydrogen-bond acceptors (Lipinski definition) is 4. The first kappa shape index (κ1) is 11.0. The van der Waals surface area contributed by atoms with Crippen LogP contribution in [0.2, 0.25) is 19.6 Å². The van der Waals surface area contributed by atoms with Crippen molar-refractivity contribution < 1.29 is 14.6 Å². The number of rotatable bonds is 1. The molecule has 16 heavy (non-hydrogen) atoms. The Kier molecular flexibility index (Phi) is 2.42. The Bertz CT molecular complexity index is 429. The molecule has 0 aromatic heterocycles. The Morgan fingerprint density at radius 2 is 2.12 bits per heavy atom. The van der Waals surface area contributed by atoms with Crippen LogP contribution >= 0.6 is 0 Å². The number of hydrogen-bond donors (Lipinski definition) is 2. The summed E-state index contributed by atoms with van der Waals surface area (Å²) < 4.78 is 5.31. The number of carbonyl (C=O) groups is 1. The number of aliphatic hydroxyl groups excluding tert-OH is 1. The fourth-order valence-corrected chi connectivity index (χ4v) is 3.49. The molecule has 1 atom stereocenters. The average molecular weight is 237 g/mol. The van der Waals surface area contributed by atoms with Crippen LogP contribution in [-0.4, -0.2) is 24.9 Å². The second-order valence-corrected chi connectivity index (χ2v) is 10.3. The highest BCUT2D eigenvalue weighted by Gasteiger charge is 2.40. The molecule has 2 rings (SSSR count). The Balaban J connectivity index is 2.50. The summed E-state index contributed by atoms with van der Waals surface area (Å²) in [4.78, 5) is 11.5. The summed E-state index contributed by atoms with van der Waals surface area (Å²) in [6.45, 7) is 6.39. The summed E-state index contributed by atoms with van der Waals surface area (Å²) >= 11 is 0. The zero-order valence-corrected chi connectivity index (χ0v) is 10.6. The zero-order valence-electron chi connectivity index (χ0n) is 9.57. The van der Waals surface area contributed by atoms with Crippen LogP contribution in [0.5, 0.6) is 0 Å². The molecule has 1 unspecified atom stereocenters. The topological polar surface area (TPSA) is 58.6 Å². The summed E-state index contributed by atoms with van der Waals surface area (Å²) in [5, 5.41) is 12.6. The number of aliphatic hydroxyl groups is 1. The largest absolute Gasteiger partial charge is 0.501 e. The van der Waals surface area contributed by atoms with Crippen LogP contribution in [0.15, 0.2) is 35.4 Å². The molecule has 0 bridgehead atoms. The van der Waals surface area contributed by atoms with Gasteiger partial charge < -0.3 is 15.2 Å². The number of dihydropyridines is 1. The molecule has 2 aliphatic heterocycles. The molecule has 0 radical (unpaired) electrons. The number of fused-ring (bicyclic) bond motifs is 1. The standard InChI is InChI=1S/C11H15NO3Si/c1-16(2,3)11-8-6-12-5-4-7(8)9(13)10(14)15-11/h4-6,11-13H,1-3H3. The van der Waals surface area contributed by atoms with Crippen LogP contribution in [0.1, 0.15) is 0 Å². The molecule has 0 saturated carbocycles. The number of allylic oxidation sites excluding steroid dienone is 1. The highest BCUT2D eigenvalue weighted by molar-refractivity contribution is 6.78. The van der Waals surface area contributed by atoms with E-state index in [2.05, 4.69) is 25.0 Å². The van der Waals surface area contributed by atoms with Gasteiger partial charge in [0.05, 0.1) is 8.07 Å². The number of ether oxygens (including phenoxy) is 1. The second-order valence-electron chi connectivity index (χ2n) is 5.01. The maximum Gasteiger partial charge on any atom is 0.374 e. The van der Waals surface area contributed by atoms with E-state index in [0.717, 1.165) is 5.57 Å². The first-order chi connectivity index (χ1) is 7.41. The van der Waals surface area contributed by atoms with Crippen molar-refractivity contribution in [1.82, 2.24) is 5.32 Å². The van der Waals surface area contributed by atoms with E-state index in [1.165, 1.54) is 0 Å². The van der Waals surface area contributed by atoms with E-state index in [1.54, 1.807) is 18.5 Å². The summed E-state index contributed by atoms with van der Waals surface area (Å²) in [5.41, 5.74) is 1.25. The third-order valence-corrected chi connectivity index (χ3v) is 4.64. The van der Waals surface area contributed by atoms with Gasteiger partial charge >= 0.3 is 5.97 Å². The van der Waals surface area contributed by atoms with E-state index >= 15 is 0 Å². The van der Waals surface area contributed by atoms with Gasteiger partial charge in [-0.25, -0.2) is 4.79 Å². The predicted octanol–water partition coefficient (Wildman–Crippen LogP) is 1.60. The van der Waals surface area contributed by atoms with Gasteiger partial charge in [-0.15, -0.1) is 0 Å². The van der Waals surface area contributed by atoms with Crippen LogP contribution in [-0.2, 0) is 9.53 Å². The van der Waals surface area contributed by atoms with Crippen molar-refractivity contribution in [2.45, 2.75) is 25.4 Å². The summed E-state index contributed by atoms with van der Waals surface area (Å²) in [6, 6.07) is 0. The van der Waals surface area contributed by atoms with Crippen LogP contribution < -0.4 is 5.32 Å².